The lowest BCUT2D eigenvalue weighted by Gasteiger charge is -1.98. The van der Waals surface area contributed by atoms with Crippen LogP contribution in [0.3, 0.4) is 0 Å². The zero-order valence-electron chi connectivity index (χ0n) is 9.73. The molecule has 0 N–H and O–H groups in total. The highest BCUT2D eigenvalue weighted by molar-refractivity contribution is 9.09. The zero-order chi connectivity index (χ0) is 13.1. The third kappa shape index (κ3) is 2.46. The van der Waals surface area contributed by atoms with E-state index in [4.69, 9.17) is 9.15 Å². The Bertz CT molecular complexity index is 600. The smallest absolute Gasteiger partial charge is 0.313 e. The summed E-state index contributed by atoms with van der Waals surface area (Å²) in [5.41, 5.74) is 0.920. The van der Waals surface area contributed by atoms with Crippen molar-refractivity contribution in [3.8, 4) is 5.95 Å². The Hall–Kier alpha value is -1.62. The predicted octanol–water partition coefficient (Wildman–Crippen LogP) is 3.33. The van der Waals surface area contributed by atoms with Gasteiger partial charge in [-0.25, -0.2) is 0 Å². The van der Waals surface area contributed by atoms with E-state index in [2.05, 4.69) is 15.9 Å². The summed E-state index contributed by atoms with van der Waals surface area (Å²) >= 11 is 3.12. The number of fused-ring (bicyclic) bond motifs is 1. The number of benzene rings is 1. The standard InChI is InChI=1S/C13H11BrO4/c1-2-11(16)17-12-6-8-4-3-5-9(10(15)7-14)13(8)18-12/h3-6H,2,7H2,1H3. The average Bonchev–Trinajstić information content (AvgIpc) is 2.79. The molecule has 0 aliphatic heterocycles. The van der Waals surface area contributed by atoms with Crippen LogP contribution in [0.2, 0.25) is 0 Å². The Balaban J connectivity index is 2.44. The Morgan fingerprint density at radius 3 is 2.83 bits per heavy atom. The van der Waals surface area contributed by atoms with E-state index in [1.54, 1.807) is 31.2 Å². The maximum Gasteiger partial charge on any atom is 0.313 e. The SMILES string of the molecule is CCC(=O)Oc1cc2cccc(C(=O)CBr)c2o1. The molecule has 5 heteroatoms. The lowest BCUT2D eigenvalue weighted by atomic mass is 10.1. The summed E-state index contributed by atoms with van der Waals surface area (Å²) in [5.74, 6) is -0.336. The summed E-state index contributed by atoms with van der Waals surface area (Å²) < 4.78 is 10.4. The van der Waals surface area contributed by atoms with Gasteiger partial charge in [0, 0.05) is 17.9 Å². The predicted molar refractivity (Wildman–Crippen MR) is 70.3 cm³/mol. The van der Waals surface area contributed by atoms with Crippen LogP contribution >= 0.6 is 15.9 Å². The van der Waals surface area contributed by atoms with Crippen molar-refractivity contribution < 1.29 is 18.7 Å². The minimum absolute atomic E-state index is 0.0803. The second-order valence-electron chi connectivity index (χ2n) is 3.67. The molecule has 0 spiro atoms. The van der Waals surface area contributed by atoms with Crippen LogP contribution in [-0.4, -0.2) is 17.1 Å². The fraction of sp³-hybridized carbons (Fsp3) is 0.231. The number of para-hydroxylation sites is 1. The second kappa shape index (κ2) is 5.35. The Morgan fingerprint density at radius 2 is 2.17 bits per heavy atom. The van der Waals surface area contributed by atoms with Gasteiger partial charge in [0.2, 0.25) is 0 Å². The number of ketones is 1. The first kappa shape index (κ1) is 12.8. The quantitative estimate of drug-likeness (QED) is 0.494. The molecule has 4 nitrogen and oxygen atoms in total. The van der Waals surface area contributed by atoms with Crippen LogP contribution in [0.4, 0.5) is 0 Å². The molecule has 94 valence electrons. The van der Waals surface area contributed by atoms with Gasteiger partial charge in [-0.1, -0.05) is 35.0 Å². The van der Waals surface area contributed by atoms with Crippen LogP contribution in [-0.2, 0) is 4.79 Å². The highest BCUT2D eigenvalue weighted by Crippen LogP contribution is 2.28. The molecule has 0 atom stereocenters. The first-order valence-electron chi connectivity index (χ1n) is 5.48. The Kier molecular flexibility index (Phi) is 3.81. The van der Waals surface area contributed by atoms with Crippen molar-refractivity contribution in [2.45, 2.75) is 13.3 Å². The van der Waals surface area contributed by atoms with Gasteiger partial charge in [0.15, 0.2) is 5.78 Å². The van der Waals surface area contributed by atoms with Crippen LogP contribution < -0.4 is 4.74 Å². The highest BCUT2D eigenvalue weighted by atomic mass is 79.9. The van der Waals surface area contributed by atoms with E-state index in [1.807, 2.05) is 0 Å². The molecule has 2 rings (SSSR count). The number of alkyl halides is 1. The van der Waals surface area contributed by atoms with Gasteiger partial charge in [0.25, 0.3) is 5.95 Å². The van der Waals surface area contributed by atoms with Crippen molar-refractivity contribution in [1.29, 1.82) is 0 Å². The summed E-state index contributed by atoms with van der Waals surface area (Å²) in [5, 5.41) is 0.956. The summed E-state index contributed by atoms with van der Waals surface area (Å²) in [6.45, 7) is 1.70. The zero-order valence-corrected chi connectivity index (χ0v) is 11.3. The number of halogens is 1. The molecule has 0 amide bonds. The van der Waals surface area contributed by atoms with E-state index in [0.29, 0.717) is 11.1 Å². The molecular weight excluding hydrogens is 300 g/mol. The molecule has 18 heavy (non-hydrogen) atoms. The maximum absolute atomic E-state index is 11.7. The lowest BCUT2D eigenvalue weighted by molar-refractivity contribution is -0.135. The number of furan rings is 1. The molecule has 1 heterocycles. The van der Waals surface area contributed by atoms with E-state index >= 15 is 0 Å². The van der Waals surface area contributed by atoms with Gasteiger partial charge in [-0.15, -0.1) is 0 Å². The van der Waals surface area contributed by atoms with Gasteiger partial charge >= 0.3 is 5.97 Å². The third-order valence-electron chi connectivity index (χ3n) is 2.45. The molecule has 0 aliphatic rings. The Labute approximate surface area is 112 Å². The van der Waals surface area contributed by atoms with Crippen molar-refractivity contribution in [3.63, 3.8) is 0 Å². The van der Waals surface area contributed by atoms with Crippen LogP contribution in [0.5, 0.6) is 5.95 Å². The minimum Gasteiger partial charge on any atom is -0.424 e. The molecular formula is C13H11BrO4. The number of hydrogen-bond acceptors (Lipinski definition) is 4. The first-order chi connectivity index (χ1) is 8.65. The molecule has 0 unspecified atom stereocenters. The monoisotopic (exact) mass is 310 g/mol. The number of ether oxygens (including phenoxy) is 1. The van der Waals surface area contributed by atoms with Crippen molar-refractivity contribution in [1.82, 2.24) is 0 Å². The number of Topliss-reactive ketones (excluding diaryl/α,β-unsaturated/α-hetero) is 1. The van der Waals surface area contributed by atoms with E-state index in [9.17, 15) is 9.59 Å². The van der Waals surface area contributed by atoms with Gasteiger partial charge in [0.1, 0.15) is 5.58 Å². The van der Waals surface area contributed by atoms with Gasteiger partial charge in [-0.05, 0) is 6.07 Å². The molecule has 1 aromatic heterocycles. The summed E-state index contributed by atoms with van der Waals surface area (Å²) in [4.78, 5) is 22.9. The fourth-order valence-electron chi connectivity index (χ4n) is 1.57. The second-order valence-corrected chi connectivity index (χ2v) is 4.23. The van der Waals surface area contributed by atoms with E-state index in [1.165, 1.54) is 0 Å². The molecule has 0 bridgehead atoms. The summed E-state index contributed by atoms with van der Waals surface area (Å²) in [6.07, 6.45) is 0.268. The molecule has 0 aliphatic carbocycles. The van der Waals surface area contributed by atoms with Crippen molar-refractivity contribution in [2.24, 2.45) is 0 Å². The lowest BCUT2D eigenvalue weighted by Crippen LogP contribution is -2.04. The maximum atomic E-state index is 11.7. The van der Waals surface area contributed by atoms with E-state index in [0.717, 1.165) is 5.39 Å². The van der Waals surface area contributed by atoms with Gasteiger partial charge in [0.05, 0.1) is 10.9 Å². The minimum atomic E-state index is -0.373. The van der Waals surface area contributed by atoms with Crippen molar-refractivity contribution >= 4 is 38.7 Å². The summed E-state index contributed by atoms with van der Waals surface area (Å²) in [6, 6.07) is 6.85. The van der Waals surface area contributed by atoms with Crippen molar-refractivity contribution in [2.75, 3.05) is 5.33 Å². The number of rotatable bonds is 4. The van der Waals surface area contributed by atoms with Gasteiger partial charge in [-0.3, -0.25) is 9.59 Å². The third-order valence-corrected chi connectivity index (χ3v) is 2.96. The Morgan fingerprint density at radius 1 is 1.39 bits per heavy atom. The normalized spacial score (nSPS) is 10.6. The van der Waals surface area contributed by atoms with E-state index < -0.39 is 0 Å². The van der Waals surface area contributed by atoms with E-state index in [-0.39, 0.29) is 29.4 Å². The topological polar surface area (TPSA) is 56.5 Å². The van der Waals surface area contributed by atoms with Crippen LogP contribution in [0.1, 0.15) is 23.7 Å². The van der Waals surface area contributed by atoms with Crippen molar-refractivity contribution in [3.05, 3.63) is 29.8 Å². The van der Waals surface area contributed by atoms with Crippen LogP contribution in [0.25, 0.3) is 11.0 Å². The number of carbonyl (C=O) groups excluding carboxylic acids is 2. The molecule has 0 saturated heterocycles. The first-order valence-corrected chi connectivity index (χ1v) is 6.60. The molecule has 2 aromatic rings. The molecule has 1 aromatic carbocycles. The molecule has 0 fully saturated rings. The largest absolute Gasteiger partial charge is 0.424 e. The van der Waals surface area contributed by atoms with Crippen LogP contribution in [0, 0.1) is 0 Å². The number of carbonyl (C=O) groups is 2. The fourth-order valence-corrected chi connectivity index (χ4v) is 1.87. The average molecular weight is 311 g/mol. The number of esters is 1. The summed E-state index contributed by atoms with van der Waals surface area (Å²) in [7, 11) is 0. The van der Waals surface area contributed by atoms with Gasteiger partial charge < -0.3 is 9.15 Å². The number of hydrogen-bond donors (Lipinski definition) is 0. The van der Waals surface area contributed by atoms with Crippen LogP contribution in [0.15, 0.2) is 28.7 Å². The highest BCUT2D eigenvalue weighted by Gasteiger charge is 2.15. The van der Waals surface area contributed by atoms with Gasteiger partial charge in [-0.2, -0.15) is 0 Å². The molecule has 0 saturated carbocycles. The molecule has 0 radical (unpaired) electrons.